The third kappa shape index (κ3) is 2.86. The third-order valence-corrected chi connectivity index (χ3v) is 3.55. The lowest BCUT2D eigenvalue weighted by Crippen LogP contribution is -2.09. The van der Waals surface area contributed by atoms with Gasteiger partial charge in [0.05, 0.1) is 5.69 Å². The second-order valence-corrected chi connectivity index (χ2v) is 5.46. The first-order valence-corrected chi connectivity index (χ1v) is 7.27. The van der Waals surface area contributed by atoms with Gasteiger partial charge >= 0.3 is 0 Å². The number of fused-ring (bicyclic) bond motifs is 1. The number of aromatic nitrogens is 1. The van der Waals surface area contributed by atoms with E-state index in [0.717, 1.165) is 15.8 Å². The summed E-state index contributed by atoms with van der Waals surface area (Å²) in [5.74, 6) is -0.289. The minimum absolute atomic E-state index is 0.117. The van der Waals surface area contributed by atoms with Gasteiger partial charge in [0.25, 0.3) is 0 Å². The molecule has 0 bridgehead atoms. The summed E-state index contributed by atoms with van der Waals surface area (Å²) in [6, 6.07) is 9.70. The Morgan fingerprint density at radius 2 is 2.15 bits per heavy atom. The van der Waals surface area contributed by atoms with E-state index in [4.69, 9.17) is 5.26 Å². The molecule has 102 valence electrons. The van der Waals surface area contributed by atoms with Crippen molar-refractivity contribution in [3.63, 3.8) is 0 Å². The molecule has 0 amide bonds. The smallest absolute Gasteiger partial charge is 0.221 e. The van der Waals surface area contributed by atoms with Crippen LogP contribution in [0.15, 0.2) is 40.9 Å². The molecule has 5 heteroatoms. The van der Waals surface area contributed by atoms with E-state index in [2.05, 4.69) is 4.98 Å². The van der Waals surface area contributed by atoms with Gasteiger partial charge in [-0.15, -0.1) is 11.8 Å². The molecular weight excluding hydrogens is 270 g/mol. The van der Waals surface area contributed by atoms with E-state index in [1.165, 1.54) is 6.20 Å². The molecule has 0 radical (unpaired) electrons. The molecule has 0 atom stereocenters. The lowest BCUT2D eigenvalue weighted by Gasteiger charge is -2.04. The molecule has 1 aromatic carbocycles. The summed E-state index contributed by atoms with van der Waals surface area (Å²) >= 11 is 1.65. The van der Waals surface area contributed by atoms with Gasteiger partial charge in [0.15, 0.2) is 0 Å². The molecule has 0 aliphatic rings. The Kier molecular flexibility index (Phi) is 4.16. The highest BCUT2D eigenvalue weighted by Gasteiger charge is 2.15. The fourth-order valence-corrected chi connectivity index (χ4v) is 2.35. The summed E-state index contributed by atoms with van der Waals surface area (Å²) in [5, 5.41) is 10.1. The van der Waals surface area contributed by atoms with E-state index < -0.39 is 0 Å². The number of carbonyl (C=O) groups is 1. The number of thioether (sulfide) groups is 1. The van der Waals surface area contributed by atoms with Crippen LogP contribution in [-0.2, 0) is 0 Å². The van der Waals surface area contributed by atoms with E-state index in [1.807, 2.05) is 30.5 Å². The number of Topliss-reactive ketones (excluding diaryl/α,β-unsaturated/α-hetero) is 1. The number of hydrogen-bond donors (Lipinski definition) is 1. The van der Waals surface area contributed by atoms with Crippen LogP contribution < -0.4 is 0 Å². The summed E-state index contributed by atoms with van der Waals surface area (Å²) in [6.45, 7) is 0. The zero-order valence-corrected chi connectivity index (χ0v) is 12.4. The van der Waals surface area contributed by atoms with Crippen molar-refractivity contribution in [3.05, 3.63) is 41.7 Å². The van der Waals surface area contributed by atoms with Crippen LogP contribution in [0.2, 0.25) is 0 Å². The molecule has 1 aromatic heterocycles. The van der Waals surface area contributed by atoms with Crippen molar-refractivity contribution in [1.82, 2.24) is 9.88 Å². The van der Waals surface area contributed by atoms with Crippen LogP contribution in [0.1, 0.15) is 10.5 Å². The van der Waals surface area contributed by atoms with Crippen LogP contribution in [0.4, 0.5) is 0 Å². The standard InChI is InChI=1S/C15H15N3OS/c1-18(2)9-11(8-16)15(19)14-7-10-6-12(20-3)4-5-13(10)17-14/h4-7,9,17H,1-3H3. The van der Waals surface area contributed by atoms with E-state index in [-0.39, 0.29) is 11.4 Å². The van der Waals surface area contributed by atoms with Crippen LogP contribution in [-0.4, -0.2) is 36.0 Å². The van der Waals surface area contributed by atoms with Crippen LogP contribution in [0.5, 0.6) is 0 Å². The first kappa shape index (κ1) is 14.2. The Bertz CT molecular complexity index is 722. The van der Waals surface area contributed by atoms with Gasteiger partial charge in [-0.3, -0.25) is 4.79 Å². The molecule has 2 aromatic rings. The number of aromatic amines is 1. The minimum atomic E-state index is -0.289. The average molecular weight is 285 g/mol. The summed E-state index contributed by atoms with van der Waals surface area (Å²) < 4.78 is 0. The zero-order chi connectivity index (χ0) is 14.7. The number of benzene rings is 1. The maximum Gasteiger partial charge on any atom is 0.221 e. The maximum absolute atomic E-state index is 12.3. The summed E-state index contributed by atoms with van der Waals surface area (Å²) in [4.78, 5) is 18.2. The van der Waals surface area contributed by atoms with Crippen LogP contribution in [0, 0.1) is 11.3 Å². The van der Waals surface area contributed by atoms with Crippen molar-refractivity contribution in [2.45, 2.75) is 4.90 Å². The predicted molar refractivity (Wildman–Crippen MR) is 81.8 cm³/mol. The molecule has 0 aliphatic heterocycles. The number of H-pyrrole nitrogens is 1. The van der Waals surface area contributed by atoms with Gasteiger partial charge in [-0.2, -0.15) is 5.26 Å². The zero-order valence-electron chi connectivity index (χ0n) is 11.6. The second-order valence-electron chi connectivity index (χ2n) is 4.58. The van der Waals surface area contributed by atoms with Crippen LogP contribution >= 0.6 is 11.8 Å². The summed E-state index contributed by atoms with van der Waals surface area (Å²) in [5.41, 5.74) is 1.45. The molecule has 0 saturated heterocycles. The Hall–Kier alpha value is -2.19. The van der Waals surface area contributed by atoms with Crippen molar-refractivity contribution in [2.75, 3.05) is 20.4 Å². The fraction of sp³-hybridized carbons (Fsp3) is 0.200. The topological polar surface area (TPSA) is 59.9 Å². The Morgan fingerprint density at radius 1 is 1.40 bits per heavy atom. The van der Waals surface area contributed by atoms with Gasteiger partial charge in [-0.25, -0.2) is 0 Å². The van der Waals surface area contributed by atoms with Crippen molar-refractivity contribution >= 4 is 28.4 Å². The molecule has 1 heterocycles. The number of nitrogens with zero attached hydrogens (tertiary/aromatic N) is 2. The van der Waals surface area contributed by atoms with E-state index in [1.54, 1.807) is 36.8 Å². The largest absolute Gasteiger partial charge is 0.382 e. The van der Waals surface area contributed by atoms with Gasteiger partial charge < -0.3 is 9.88 Å². The lowest BCUT2D eigenvalue weighted by atomic mass is 10.1. The molecule has 0 unspecified atom stereocenters. The SMILES string of the molecule is CSc1ccc2[nH]c(C(=O)C(C#N)=CN(C)C)cc2c1. The number of nitrogens with one attached hydrogen (secondary N) is 1. The molecule has 4 nitrogen and oxygen atoms in total. The third-order valence-electron chi connectivity index (χ3n) is 2.82. The quantitative estimate of drug-likeness (QED) is 0.406. The molecule has 0 fully saturated rings. The van der Waals surface area contributed by atoms with Crippen molar-refractivity contribution in [2.24, 2.45) is 0 Å². The summed E-state index contributed by atoms with van der Waals surface area (Å²) in [7, 11) is 3.56. The monoisotopic (exact) mass is 285 g/mol. The lowest BCUT2D eigenvalue weighted by molar-refractivity contribution is 0.103. The molecule has 0 aliphatic carbocycles. The molecule has 2 rings (SSSR count). The first-order chi connectivity index (χ1) is 9.55. The predicted octanol–water partition coefficient (Wildman–Crippen LogP) is 3.04. The normalized spacial score (nSPS) is 11.4. The molecule has 0 saturated carbocycles. The molecule has 0 spiro atoms. The fourth-order valence-electron chi connectivity index (χ4n) is 1.90. The first-order valence-electron chi connectivity index (χ1n) is 6.05. The van der Waals surface area contributed by atoms with Gasteiger partial charge in [-0.1, -0.05) is 0 Å². The Labute approximate surface area is 122 Å². The highest BCUT2D eigenvalue weighted by molar-refractivity contribution is 7.98. The molecule has 20 heavy (non-hydrogen) atoms. The average Bonchev–Trinajstić information content (AvgIpc) is 2.86. The minimum Gasteiger partial charge on any atom is -0.382 e. The van der Waals surface area contributed by atoms with Crippen molar-refractivity contribution in [3.8, 4) is 6.07 Å². The Morgan fingerprint density at radius 3 is 2.75 bits per heavy atom. The maximum atomic E-state index is 12.3. The number of allylic oxidation sites excluding steroid dienone is 1. The summed E-state index contributed by atoms with van der Waals surface area (Å²) in [6.07, 6.45) is 3.54. The van der Waals surface area contributed by atoms with Gasteiger partial charge in [0.1, 0.15) is 11.6 Å². The number of hydrogen-bond acceptors (Lipinski definition) is 4. The van der Waals surface area contributed by atoms with E-state index in [9.17, 15) is 4.79 Å². The van der Waals surface area contributed by atoms with E-state index in [0.29, 0.717) is 5.69 Å². The number of carbonyl (C=O) groups excluding carboxylic acids is 1. The molecule has 1 N–H and O–H groups in total. The highest BCUT2D eigenvalue weighted by atomic mass is 32.2. The number of ketones is 1. The van der Waals surface area contributed by atoms with Gasteiger partial charge in [-0.05, 0) is 30.5 Å². The number of rotatable bonds is 4. The van der Waals surface area contributed by atoms with Crippen molar-refractivity contribution < 1.29 is 4.79 Å². The highest BCUT2D eigenvalue weighted by Crippen LogP contribution is 2.23. The Balaban J connectivity index is 2.43. The van der Waals surface area contributed by atoms with Crippen molar-refractivity contribution in [1.29, 1.82) is 5.26 Å². The van der Waals surface area contributed by atoms with Gasteiger partial charge in [0, 0.05) is 36.1 Å². The van der Waals surface area contributed by atoms with E-state index >= 15 is 0 Å². The van der Waals surface area contributed by atoms with Crippen LogP contribution in [0.25, 0.3) is 10.9 Å². The molecular formula is C15H15N3OS. The second kappa shape index (κ2) is 5.85. The number of nitriles is 1. The van der Waals surface area contributed by atoms with Crippen LogP contribution in [0.3, 0.4) is 0 Å². The van der Waals surface area contributed by atoms with Gasteiger partial charge in [0.2, 0.25) is 5.78 Å².